The minimum atomic E-state index is -0.215. The van der Waals surface area contributed by atoms with Gasteiger partial charge in [0, 0.05) is 5.69 Å². The summed E-state index contributed by atoms with van der Waals surface area (Å²) in [6.45, 7) is 3.72. The van der Waals surface area contributed by atoms with E-state index < -0.39 is 0 Å². The Balaban J connectivity index is 2.05. The predicted molar refractivity (Wildman–Crippen MR) is 70.2 cm³/mol. The van der Waals surface area contributed by atoms with E-state index in [0.29, 0.717) is 11.4 Å². The lowest BCUT2D eigenvalue weighted by Crippen LogP contribution is -2.26. The third kappa shape index (κ3) is 2.71. The van der Waals surface area contributed by atoms with Gasteiger partial charge in [-0.3, -0.25) is 4.79 Å². The number of benzene rings is 1. The minimum Gasteiger partial charge on any atom is -0.456 e. The number of hydrogen-bond acceptors (Lipinski definition) is 3. The molecule has 1 unspecified atom stereocenters. The van der Waals surface area contributed by atoms with E-state index in [1.165, 1.54) is 0 Å². The van der Waals surface area contributed by atoms with Crippen LogP contribution in [0, 0.1) is 6.92 Å². The van der Waals surface area contributed by atoms with Crippen molar-refractivity contribution in [1.82, 2.24) is 5.32 Å². The number of aryl methyl sites for hydroxylation is 1. The Morgan fingerprint density at radius 2 is 1.89 bits per heavy atom. The fourth-order valence-corrected chi connectivity index (χ4v) is 1.69. The fourth-order valence-electron chi connectivity index (χ4n) is 1.69. The summed E-state index contributed by atoms with van der Waals surface area (Å²) in [5.74, 6) is 0.836. The van der Waals surface area contributed by atoms with Crippen molar-refractivity contribution in [2.75, 3.05) is 5.73 Å². The Morgan fingerprint density at radius 1 is 1.22 bits per heavy atom. The molecule has 2 aromatic rings. The Bertz CT molecular complexity index is 543. The molecule has 4 nitrogen and oxygen atoms in total. The van der Waals surface area contributed by atoms with Crippen LogP contribution in [0.15, 0.2) is 40.8 Å². The molecule has 1 aromatic heterocycles. The summed E-state index contributed by atoms with van der Waals surface area (Å²) < 4.78 is 5.27. The first-order valence-electron chi connectivity index (χ1n) is 5.79. The molecule has 0 saturated carbocycles. The molecule has 0 spiro atoms. The van der Waals surface area contributed by atoms with Gasteiger partial charge in [-0.2, -0.15) is 0 Å². The lowest BCUT2D eigenvalue weighted by molar-refractivity contribution is 0.0910. The number of nitrogens with two attached hydrogens (primary N) is 1. The van der Waals surface area contributed by atoms with E-state index in [4.69, 9.17) is 10.2 Å². The van der Waals surface area contributed by atoms with Crippen LogP contribution in [0.3, 0.4) is 0 Å². The van der Waals surface area contributed by atoms with Crippen LogP contribution in [-0.2, 0) is 0 Å². The number of carbonyl (C=O) groups excluding carboxylic acids is 1. The van der Waals surface area contributed by atoms with Gasteiger partial charge in [-0.1, -0.05) is 12.1 Å². The van der Waals surface area contributed by atoms with Crippen LogP contribution in [0.5, 0.6) is 0 Å². The van der Waals surface area contributed by atoms with Crippen molar-refractivity contribution in [3.63, 3.8) is 0 Å². The summed E-state index contributed by atoms with van der Waals surface area (Å²) >= 11 is 0. The average Bonchev–Trinajstić information content (AvgIpc) is 2.76. The predicted octanol–water partition coefficient (Wildman–Crippen LogP) is 2.66. The molecule has 0 radical (unpaired) electrons. The number of nitrogen functional groups attached to an aromatic ring is 1. The molecule has 0 aliphatic carbocycles. The average molecular weight is 244 g/mol. The molecule has 0 saturated heterocycles. The molecule has 1 heterocycles. The van der Waals surface area contributed by atoms with E-state index in [9.17, 15) is 4.79 Å². The number of hydrogen-bond donors (Lipinski definition) is 2. The van der Waals surface area contributed by atoms with Crippen LogP contribution in [-0.4, -0.2) is 5.91 Å². The van der Waals surface area contributed by atoms with Crippen molar-refractivity contribution in [2.45, 2.75) is 19.9 Å². The van der Waals surface area contributed by atoms with Crippen molar-refractivity contribution in [1.29, 1.82) is 0 Å². The fraction of sp³-hybridized carbons (Fsp3) is 0.214. The van der Waals surface area contributed by atoms with Crippen LogP contribution < -0.4 is 11.1 Å². The molecule has 0 aliphatic rings. The Kier molecular flexibility index (Phi) is 3.37. The van der Waals surface area contributed by atoms with Gasteiger partial charge in [0.2, 0.25) is 0 Å². The van der Waals surface area contributed by atoms with Gasteiger partial charge in [0.25, 0.3) is 5.91 Å². The molecule has 2 rings (SSSR count). The second-order valence-electron chi connectivity index (χ2n) is 4.27. The SMILES string of the molecule is Cc1ccc(C(=O)NC(C)c2ccc(N)cc2)o1. The van der Waals surface area contributed by atoms with E-state index >= 15 is 0 Å². The minimum absolute atomic E-state index is 0.0940. The van der Waals surface area contributed by atoms with Crippen LogP contribution in [0.2, 0.25) is 0 Å². The van der Waals surface area contributed by atoms with E-state index in [-0.39, 0.29) is 11.9 Å². The number of anilines is 1. The zero-order chi connectivity index (χ0) is 13.1. The third-order valence-electron chi connectivity index (χ3n) is 2.75. The van der Waals surface area contributed by atoms with Gasteiger partial charge in [0.1, 0.15) is 5.76 Å². The lowest BCUT2D eigenvalue weighted by atomic mass is 10.1. The van der Waals surface area contributed by atoms with Crippen molar-refractivity contribution < 1.29 is 9.21 Å². The van der Waals surface area contributed by atoms with E-state index in [0.717, 1.165) is 11.3 Å². The van der Waals surface area contributed by atoms with Crippen molar-refractivity contribution in [3.8, 4) is 0 Å². The van der Waals surface area contributed by atoms with Gasteiger partial charge >= 0.3 is 0 Å². The Hall–Kier alpha value is -2.23. The number of carbonyl (C=O) groups is 1. The van der Waals surface area contributed by atoms with Gasteiger partial charge in [0.15, 0.2) is 5.76 Å². The molecule has 18 heavy (non-hydrogen) atoms. The van der Waals surface area contributed by atoms with Gasteiger partial charge in [0.05, 0.1) is 6.04 Å². The summed E-state index contributed by atoms with van der Waals surface area (Å²) in [7, 11) is 0. The zero-order valence-electron chi connectivity index (χ0n) is 10.4. The summed E-state index contributed by atoms with van der Waals surface area (Å²) in [5, 5.41) is 2.87. The molecule has 1 amide bonds. The molecule has 94 valence electrons. The van der Waals surface area contributed by atoms with Crippen LogP contribution in [0.4, 0.5) is 5.69 Å². The highest BCUT2D eigenvalue weighted by molar-refractivity contribution is 5.91. The summed E-state index contributed by atoms with van der Waals surface area (Å²) in [6.07, 6.45) is 0. The quantitative estimate of drug-likeness (QED) is 0.815. The second-order valence-corrected chi connectivity index (χ2v) is 4.27. The number of rotatable bonds is 3. The highest BCUT2D eigenvalue weighted by Crippen LogP contribution is 2.15. The highest BCUT2D eigenvalue weighted by Gasteiger charge is 2.13. The highest BCUT2D eigenvalue weighted by atomic mass is 16.3. The Morgan fingerprint density at radius 3 is 2.44 bits per heavy atom. The van der Waals surface area contributed by atoms with Gasteiger partial charge < -0.3 is 15.5 Å². The monoisotopic (exact) mass is 244 g/mol. The molecular formula is C14H16N2O2. The van der Waals surface area contributed by atoms with Crippen LogP contribution >= 0.6 is 0 Å². The largest absolute Gasteiger partial charge is 0.456 e. The molecule has 1 aromatic carbocycles. The van der Waals surface area contributed by atoms with E-state index in [1.807, 2.05) is 31.2 Å². The summed E-state index contributed by atoms with van der Waals surface area (Å²) in [4.78, 5) is 11.9. The molecular weight excluding hydrogens is 228 g/mol. The lowest BCUT2D eigenvalue weighted by Gasteiger charge is -2.13. The van der Waals surface area contributed by atoms with Crippen LogP contribution in [0.1, 0.15) is 34.8 Å². The van der Waals surface area contributed by atoms with Crippen LogP contribution in [0.25, 0.3) is 0 Å². The normalized spacial score (nSPS) is 12.1. The van der Waals surface area contributed by atoms with Crippen molar-refractivity contribution in [3.05, 3.63) is 53.5 Å². The third-order valence-corrected chi connectivity index (χ3v) is 2.75. The van der Waals surface area contributed by atoms with Gasteiger partial charge in [-0.05, 0) is 43.7 Å². The molecule has 1 atom stereocenters. The second kappa shape index (κ2) is 4.96. The Labute approximate surface area is 106 Å². The standard InChI is InChI=1S/C14H16N2O2/c1-9-3-8-13(18-9)14(17)16-10(2)11-4-6-12(15)7-5-11/h3-8,10H,15H2,1-2H3,(H,16,17). The molecule has 0 bridgehead atoms. The van der Waals surface area contributed by atoms with Crippen molar-refractivity contribution >= 4 is 11.6 Å². The number of furan rings is 1. The van der Waals surface area contributed by atoms with Crippen molar-refractivity contribution in [2.24, 2.45) is 0 Å². The topological polar surface area (TPSA) is 68.3 Å². The number of nitrogens with one attached hydrogen (secondary N) is 1. The first-order valence-corrected chi connectivity index (χ1v) is 5.79. The molecule has 0 aliphatic heterocycles. The maximum Gasteiger partial charge on any atom is 0.287 e. The first kappa shape index (κ1) is 12.2. The maximum atomic E-state index is 11.9. The maximum absolute atomic E-state index is 11.9. The molecule has 3 N–H and O–H groups in total. The zero-order valence-corrected chi connectivity index (χ0v) is 10.4. The van der Waals surface area contributed by atoms with E-state index in [1.54, 1.807) is 19.1 Å². The first-order chi connectivity index (χ1) is 8.56. The van der Waals surface area contributed by atoms with E-state index in [2.05, 4.69) is 5.32 Å². The van der Waals surface area contributed by atoms with Gasteiger partial charge in [-0.25, -0.2) is 0 Å². The molecule has 4 heteroatoms. The summed E-state index contributed by atoms with van der Waals surface area (Å²) in [6, 6.07) is 10.8. The number of amides is 1. The summed E-state index contributed by atoms with van der Waals surface area (Å²) in [5.41, 5.74) is 7.33. The molecule has 0 fully saturated rings. The van der Waals surface area contributed by atoms with Gasteiger partial charge in [-0.15, -0.1) is 0 Å². The smallest absolute Gasteiger partial charge is 0.287 e.